The minimum Gasteiger partial charge on any atom is -0.495 e. The van der Waals surface area contributed by atoms with Gasteiger partial charge in [0.25, 0.3) is 11.5 Å². The molecule has 1 aliphatic rings. The van der Waals surface area contributed by atoms with Crippen LogP contribution in [0.4, 0.5) is 22.7 Å². The molecule has 2 aromatic carbocycles. The lowest BCUT2D eigenvalue weighted by Gasteiger charge is -2.28. The fraction of sp³-hybridized carbons (Fsp3) is 0.217. The van der Waals surface area contributed by atoms with Crippen molar-refractivity contribution >= 4 is 38.5 Å². The molecule has 3 N–H and O–H groups in total. The van der Waals surface area contributed by atoms with E-state index in [-0.39, 0.29) is 17.1 Å². The number of benzene rings is 2. The van der Waals surface area contributed by atoms with Gasteiger partial charge in [0.2, 0.25) is 0 Å². The molecule has 0 aliphatic carbocycles. The molecule has 10 heteroatoms. The van der Waals surface area contributed by atoms with Crippen LogP contribution in [-0.2, 0) is 9.84 Å². The van der Waals surface area contributed by atoms with E-state index < -0.39 is 21.3 Å². The summed E-state index contributed by atoms with van der Waals surface area (Å²) in [6.45, 7) is 0.872. The van der Waals surface area contributed by atoms with Crippen molar-refractivity contribution in [2.24, 2.45) is 0 Å². The third-order valence-corrected chi connectivity index (χ3v) is 7.01. The van der Waals surface area contributed by atoms with E-state index in [0.29, 0.717) is 35.9 Å². The van der Waals surface area contributed by atoms with Crippen LogP contribution in [-0.4, -0.2) is 51.0 Å². The highest BCUT2D eigenvalue weighted by molar-refractivity contribution is 7.91. The molecule has 0 radical (unpaired) electrons. The summed E-state index contributed by atoms with van der Waals surface area (Å²) >= 11 is 0. The van der Waals surface area contributed by atoms with Gasteiger partial charge in [0.1, 0.15) is 11.3 Å². The zero-order valence-corrected chi connectivity index (χ0v) is 18.8. The Labute approximate surface area is 191 Å². The summed E-state index contributed by atoms with van der Waals surface area (Å²) in [7, 11) is -1.42. The number of nitrogens with zero attached hydrogens (tertiary/aromatic N) is 1. The molecule has 0 bridgehead atoms. The van der Waals surface area contributed by atoms with E-state index in [1.54, 1.807) is 37.4 Å². The summed E-state index contributed by atoms with van der Waals surface area (Å²) in [5.74, 6) is 0.269. The van der Waals surface area contributed by atoms with E-state index in [1.165, 1.54) is 6.20 Å². The summed E-state index contributed by atoms with van der Waals surface area (Å²) in [5.41, 5.74) is 1.76. The SMILES string of the molecule is COc1ccccc1Nc1cc[nH]c(=O)c1C(=O)Nc1ccc(N2CCS(=O)(=O)CC2)cc1. The number of pyridine rings is 1. The van der Waals surface area contributed by atoms with Crippen LogP contribution < -0.4 is 25.8 Å². The second-order valence-electron chi connectivity index (χ2n) is 7.56. The highest BCUT2D eigenvalue weighted by atomic mass is 32.2. The first-order chi connectivity index (χ1) is 15.9. The van der Waals surface area contributed by atoms with Crippen molar-refractivity contribution < 1.29 is 17.9 Å². The molecule has 3 aromatic rings. The lowest BCUT2D eigenvalue weighted by Crippen LogP contribution is -2.40. The standard InChI is InChI=1S/C23H24N4O5S/c1-32-20-5-3-2-4-18(20)26-19-10-11-24-22(28)21(19)23(29)25-16-6-8-17(9-7-16)27-12-14-33(30,31)15-13-27/h2-11H,12-15H2,1H3,(H,25,29)(H2,24,26,28). The normalized spacial score (nSPS) is 15.0. The van der Waals surface area contributed by atoms with Gasteiger partial charge in [0, 0.05) is 30.7 Å². The maximum Gasteiger partial charge on any atom is 0.263 e. The van der Waals surface area contributed by atoms with Gasteiger partial charge in [-0.1, -0.05) is 12.1 Å². The number of nitrogens with one attached hydrogen (secondary N) is 3. The molecule has 172 valence electrons. The largest absolute Gasteiger partial charge is 0.495 e. The van der Waals surface area contributed by atoms with Gasteiger partial charge >= 0.3 is 0 Å². The second kappa shape index (κ2) is 9.37. The number of rotatable bonds is 6. The van der Waals surface area contributed by atoms with Gasteiger partial charge in [0.05, 0.1) is 30.0 Å². The predicted octanol–water partition coefficient (Wildman–Crippen LogP) is 2.61. The first-order valence-corrected chi connectivity index (χ1v) is 12.2. The summed E-state index contributed by atoms with van der Waals surface area (Å²) in [4.78, 5) is 30.0. The summed E-state index contributed by atoms with van der Waals surface area (Å²) in [6.07, 6.45) is 1.46. The van der Waals surface area contributed by atoms with E-state index in [2.05, 4.69) is 15.6 Å². The zero-order valence-electron chi connectivity index (χ0n) is 18.0. The Morgan fingerprint density at radius 1 is 1.00 bits per heavy atom. The maximum atomic E-state index is 13.0. The number of aromatic amines is 1. The quantitative estimate of drug-likeness (QED) is 0.509. The van der Waals surface area contributed by atoms with Crippen molar-refractivity contribution in [1.29, 1.82) is 0 Å². The Bertz CT molecular complexity index is 1310. The number of aromatic nitrogens is 1. The number of para-hydroxylation sites is 2. The number of H-pyrrole nitrogens is 1. The van der Waals surface area contributed by atoms with Crippen LogP contribution in [0.3, 0.4) is 0 Å². The molecule has 2 heterocycles. The highest BCUT2D eigenvalue weighted by Gasteiger charge is 2.22. The van der Waals surface area contributed by atoms with E-state index in [1.807, 2.05) is 29.2 Å². The number of sulfone groups is 1. The first kappa shape index (κ1) is 22.4. The lowest BCUT2D eigenvalue weighted by atomic mass is 10.2. The van der Waals surface area contributed by atoms with Gasteiger partial charge in [-0.3, -0.25) is 9.59 Å². The molecule has 1 fully saturated rings. The molecule has 1 aliphatic heterocycles. The van der Waals surface area contributed by atoms with E-state index in [0.717, 1.165) is 5.69 Å². The van der Waals surface area contributed by atoms with Crippen LogP contribution in [0.15, 0.2) is 65.6 Å². The van der Waals surface area contributed by atoms with E-state index >= 15 is 0 Å². The number of hydrogen-bond donors (Lipinski definition) is 3. The van der Waals surface area contributed by atoms with Gasteiger partial charge in [-0.25, -0.2) is 8.42 Å². The highest BCUT2D eigenvalue weighted by Crippen LogP contribution is 2.28. The molecule has 0 saturated carbocycles. The van der Waals surface area contributed by atoms with Crippen LogP contribution in [0.1, 0.15) is 10.4 Å². The Morgan fingerprint density at radius 2 is 1.70 bits per heavy atom. The molecular formula is C23H24N4O5S. The average Bonchev–Trinajstić information content (AvgIpc) is 2.80. The Morgan fingerprint density at radius 3 is 2.39 bits per heavy atom. The third kappa shape index (κ3) is 5.17. The van der Waals surface area contributed by atoms with Crippen LogP contribution in [0.5, 0.6) is 5.75 Å². The van der Waals surface area contributed by atoms with Gasteiger partial charge in [0.15, 0.2) is 9.84 Å². The van der Waals surface area contributed by atoms with Gasteiger partial charge in [-0.15, -0.1) is 0 Å². The zero-order chi connectivity index (χ0) is 23.4. The van der Waals surface area contributed by atoms with Crippen molar-refractivity contribution in [1.82, 2.24) is 4.98 Å². The molecule has 1 saturated heterocycles. The van der Waals surface area contributed by atoms with Crippen molar-refractivity contribution in [3.05, 3.63) is 76.7 Å². The second-order valence-corrected chi connectivity index (χ2v) is 9.86. The van der Waals surface area contributed by atoms with Crippen LogP contribution >= 0.6 is 0 Å². The van der Waals surface area contributed by atoms with Crippen molar-refractivity contribution in [2.75, 3.05) is 47.2 Å². The number of amides is 1. The fourth-order valence-electron chi connectivity index (χ4n) is 3.62. The number of ether oxygens (including phenoxy) is 1. The van der Waals surface area contributed by atoms with Gasteiger partial charge < -0.3 is 25.3 Å². The lowest BCUT2D eigenvalue weighted by molar-refractivity contribution is 0.102. The molecular weight excluding hydrogens is 444 g/mol. The van der Waals surface area contributed by atoms with Crippen LogP contribution in [0, 0.1) is 0 Å². The average molecular weight is 469 g/mol. The van der Waals surface area contributed by atoms with Crippen molar-refractivity contribution in [2.45, 2.75) is 0 Å². The Hall–Kier alpha value is -3.79. The monoisotopic (exact) mass is 468 g/mol. The summed E-state index contributed by atoms with van der Waals surface area (Å²) in [6, 6.07) is 15.9. The Kier molecular flexibility index (Phi) is 6.36. The van der Waals surface area contributed by atoms with Crippen molar-refractivity contribution in [3.8, 4) is 5.75 Å². The van der Waals surface area contributed by atoms with Crippen LogP contribution in [0.25, 0.3) is 0 Å². The summed E-state index contributed by atoms with van der Waals surface area (Å²) in [5, 5.41) is 5.85. The molecule has 0 atom stereocenters. The molecule has 1 amide bonds. The maximum absolute atomic E-state index is 13.0. The number of anilines is 4. The first-order valence-electron chi connectivity index (χ1n) is 10.3. The molecule has 1 aromatic heterocycles. The third-order valence-electron chi connectivity index (χ3n) is 5.40. The van der Waals surface area contributed by atoms with E-state index in [4.69, 9.17) is 4.74 Å². The molecule has 0 unspecified atom stereocenters. The molecule has 33 heavy (non-hydrogen) atoms. The Balaban J connectivity index is 1.51. The topological polar surface area (TPSA) is 121 Å². The molecule has 4 rings (SSSR count). The molecule has 9 nitrogen and oxygen atoms in total. The number of carbonyl (C=O) groups is 1. The number of methoxy groups -OCH3 is 1. The van der Waals surface area contributed by atoms with Gasteiger partial charge in [-0.2, -0.15) is 0 Å². The fourth-order valence-corrected chi connectivity index (χ4v) is 4.82. The smallest absolute Gasteiger partial charge is 0.263 e. The van der Waals surface area contributed by atoms with Crippen LogP contribution in [0.2, 0.25) is 0 Å². The van der Waals surface area contributed by atoms with Gasteiger partial charge in [-0.05, 0) is 42.5 Å². The number of carbonyl (C=O) groups excluding carboxylic acids is 1. The minimum absolute atomic E-state index is 0.0614. The van der Waals surface area contributed by atoms with Crippen molar-refractivity contribution in [3.63, 3.8) is 0 Å². The predicted molar refractivity (Wildman–Crippen MR) is 129 cm³/mol. The minimum atomic E-state index is -2.96. The van der Waals surface area contributed by atoms with E-state index in [9.17, 15) is 18.0 Å². The summed E-state index contributed by atoms with van der Waals surface area (Å²) < 4.78 is 28.6. The number of hydrogen-bond acceptors (Lipinski definition) is 7. The molecule has 0 spiro atoms.